The third-order valence-electron chi connectivity index (χ3n) is 5.52. The van der Waals surface area contributed by atoms with Gasteiger partial charge >= 0.3 is 6.09 Å². The Morgan fingerprint density at radius 2 is 1.82 bits per heavy atom. The number of methoxy groups -OCH3 is 2. The first-order chi connectivity index (χ1) is 18.4. The maximum atomic E-state index is 13.2. The molecule has 0 saturated carbocycles. The molecule has 208 valence electrons. The summed E-state index contributed by atoms with van der Waals surface area (Å²) < 4.78 is 52.1. The second kappa shape index (κ2) is 10.8. The normalized spacial score (nSPS) is 11.8. The molecular weight excluding hydrogens is 526 g/mol. The van der Waals surface area contributed by atoms with Crippen molar-refractivity contribution in [2.45, 2.75) is 51.3 Å². The van der Waals surface area contributed by atoms with Gasteiger partial charge in [-0.2, -0.15) is 5.10 Å². The number of aryl methyl sites for hydroxylation is 1. The van der Waals surface area contributed by atoms with Crippen molar-refractivity contribution < 1.29 is 31.9 Å². The van der Waals surface area contributed by atoms with E-state index in [9.17, 15) is 13.2 Å². The second-order valence-corrected chi connectivity index (χ2v) is 11.5. The maximum absolute atomic E-state index is 13.2. The van der Waals surface area contributed by atoms with Gasteiger partial charge in [0, 0.05) is 18.3 Å². The molecule has 1 amide bonds. The van der Waals surface area contributed by atoms with Crippen molar-refractivity contribution >= 4 is 32.9 Å². The van der Waals surface area contributed by atoms with E-state index in [4.69, 9.17) is 18.7 Å². The Kier molecular flexibility index (Phi) is 7.72. The van der Waals surface area contributed by atoms with Gasteiger partial charge in [-0.25, -0.2) is 13.2 Å². The van der Waals surface area contributed by atoms with Crippen molar-refractivity contribution in [2.75, 3.05) is 18.9 Å². The minimum absolute atomic E-state index is 0.00782. The van der Waals surface area contributed by atoms with Crippen LogP contribution < -0.4 is 19.5 Å². The van der Waals surface area contributed by atoms with Crippen LogP contribution in [0.15, 0.2) is 52.1 Å². The van der Waals surface area contributed by atoms with Gasteiger partial charge in [-0.1, -0.05) is 11.2 Å². The third kappa shape index (κ3) is 6.60. The Bertz CT molecular complexity index is 1600. The molecule has 2 aromatic heterocycles. The molecule has 0 radical (unpaired) electrons. The Hall–Kier alpha value is -4.26. The van der Waals surface area contributed by atoms with E-state index in [0.29, 0.717) is 23.3 Å². The summed E-state index contributed by atoms with van der Waals surface area (Å²) in [6.45, 7) is 7.79. The van der Waals surface area contributed by atoms with Crippen molar-refractivity contribution in [3.63, 3.8) is 0 Å². The molecule has 0 bridgehead atoms. The lowest BCUT2D eigenvalue weighted by Gasteiger charge is -2.19. The molecule has 12 nitrogen and oxygen atoms in total. The molecular formula is C26H31N5O7S. The van der Waals surface area contributed by atoms with Gasteiger partial charge in [-0.15, -0.1) is 0 Å². The van der Waals surface area contributed by atoms with Crippen LogP contribution in [0.4, 0.5) is 10.6 Å². The van der Waals surface area contributed by atoms with Gasteiger partial charge in [0.2, 0.25) is 0 Å². The number of anilines is 1. The SMILES string of the molecule is COc1ccc(C)cc1S(=O)(=O)Nc1noc2cc(Cn3cc(CNC(=O)OC(C)(C)C)cn3)cc(OC)c12. The highest BCUT2D eigenvalue weighted by atomic mass is 32.2. The summed E-state index contributed by atoms with van der Waals surface area (Å²) >= 11 is 0. The van der Waals surface area contributed by atoms with Gasteiger partial charge in [-0.05, 0) is 63.1 Å². The summed E-state index contributed by atoms with van der Waals surface area (Å²) in [5.41, 5.74) is 2.07. The molecule has 0 aliphatic rings. The fraction of sp³-hybridized carbons (Fsp3) is 0.346. The number of fused-ring (bicyclic) bond motifs is 1. The molecule has 2 N–H and O–H groups in total. The maximum Gasteiger partial charge on any atom is 0.407 e. The van der Waals surface area contributed by atoms with Crippen LogP contribution in [-0.4, -0.2) is 49.3 Å². The lowest BCUT2D eigenvalue weighted by molar-refractivity contribution is 0.0523. The molecule has 0 fully saturated rings. The molecule has 39 heavy (non-hydrogen) atoms. The fourth-order valence-electron chi connectivity index (χ4n) is 3.85. The van der Waals surface area contributed by atoms with Gasteiger partial charge in [0.25, 0.3) is 10.0 Å². The van der Waals surface area contributed by atoms with Crippen LogP contribution in [0.5, 0.6) is 11.5 Å². The zero-order valence-corrected chi connectivity index (χ0v) is 23.4. The number of hydrogen-bond acceptors (Lipinski definition) is 9. The summed E-state index contributed by atoms with van der Waals surface area (Å²) in [5.74, 6) is 0.568. The predicted octanol–water partition coefficient (Wildman–Crippen LogP) is 4.22. The molecule has 0 saturated heterocycles. The van der Waals surface area contributed by atoms with E-state index in [0.717, 1.165) is 16.7 Å². The number of carbonyl (C=O) groups is 1. The number of ether oxygens (including phenoxy) is 3. The minimum Gasteiger partial charge on any atom is -0.496 e. The second-order valence-electron chi connectivity index (χ2n) is 9.86. The number of benzene rings is 2. The van der Waals surface area contributed by atoms with Gasteiger partial charge in [0.15, 0.2) is 11.4 Å². The zero-order valence-electron chi connectivity index (χ0n) is 22.6. The number of amides is 1. The van der Waals surface area contributed by atoms with Crippen molar-refractivity contribution in [1.82, 2.24) is 20.3 Å². The molecule has 4 rings (SSSR count). The molecule has 0 unspecified atom stereocenters. The first-order valence-electron chi connectivity index (χ1n) is 12.0. The van der Waals surface area contributed by atoms with E-state index in [1.54, 1.807) is 69.0 Å². The number of carbonyl (C=O) groups excluding carboxylic acids is 1. The van der Waals surface area contributed by atoms with Gasteiger partial charge < -0.3 is 24.1 Å². The highest BCUT2D eigenvalue weighted by molar-refractivity contribution is 7.92. The van der Waals surface area contributed by atoms with E-state index >= 15 is 0 Å². The average molecular weight is 558 g/mol. The van der Waals surface area contributed by atoms with Crippen molar-refractivity contribution in [3.8, 4) is 11.5 Å². The molecule has 4 aromatic rings. The monoisotopic (exact) mass is 557 g/mol. The van der Waals surface area contributed by atoms with Gasteiger partial charge in [0.1, 0.15) is 27.4 Å². The lowest BCUT2D eigenvalue weighted by atomic mass is 10.1. The molecule has 0 atom stereocenters. The van der Waals surface area contributed by atoms with Crippen molar-refractivity contribution in [3.05, 3.63) is 59.4 Å². The molecule has 2 heterocycles. The Balaban J connectivity index is 1.53. The Morgan fingerprint density at radius 3 is 2.51 bits per heavy atom. The Morgan fingerprint density at radius 1 is 1.08 bits per heavy atom. The standard InChI is InChI=1S/C26H31N5O7S/c1-16-7-8-19(35-5)22(9-16)39(33,34)30-24-23-20(36-6)10-17(11-21(23)38-29-24)14-31-15-18(13-28-31)12-27-25(32)37-26(2,3)4/h7-11,13,15H,12,14H2,1-6H3,(H,27,32)(H,29,30). The summed E-state index contributed by atoms with van der Waals surface area (Å²) in [5, 5.41) is 11.4. The van der Waals surface area contributed by atoms with Crippen LogP contribution in [0.1, 0.15) is 37.5 Å². The highest BCUT2D eigenvalue weighted by Gasteiger charge is 2.25. The number of rotatable bonds is 9. The average Bonchev–Trinajstić information content (AvgIpc) is 3.47. The van der Waals surface area contributed by atoms with Crippen LogP contribution in [0, 0.1) is 6.92 Å². The predicted molar refractivity (Wildman–Crippen MR) is 144 cm³/mol. The number of aromatic nitrogens is 3. The fourth-order valence-corrected chi connectivity index (χ4v) is 5.11. The molecule has 13 heteroatoms. The number of nitrogens with one attached hydrogen (secondary N) is 2. The number of alkyl carbamates (subject to hydrolysis) is 1. The van der Waals surface area contributed by atoms with E-state index in [1.165, 1.54) is 20.3 Å². The molecule has 0 spiro atoms. The molecule has 0 aliphatic carbocycles. The van der Waals surface area contributed by atoms with Crippen LogP contribution in [0.3, 0.4) is 0 Å². The molecule has 0 aliphatic heterocycles. The largest absolute Gasteiger partial charge is 0.496 e. The zero-order chi connectivity index (χ0) is 28.4. The van der Waals surface area contributed by atoms with Crippen LogP contribution in [0.25, 0.3) is 11.0 Å². The first kappa shape index (κ1) is 27.8. The van der Waals surface area contributed by atoms with Crippen LogP contribution >= 0.6 is 0 Å². The van der Waals surface area contributed by atoms with E-state index in [2.05, 4.69) is 20.3 Å². The Labute approximate surface area is 226 Å². The summed E-state index contributed by atoms with van der Waals surface area (Å²) in [6, 6.07) is 8.35. The quantitative estimate of drug-likeness (QED) is 0.309. The highest BCUT2D eigenvalue weighted by Crippen LogP contribution is 2.36. The van der Waals surface area contributed by atoms with Gasteiger partial charge in [0.05, 0.1) is 27.0 Å². The van der Waals surface area contributed by atoms with E-state index in [1.807, 2.05) is 0 Å². The van der Waals surface area contributed by atoms with Crippen LogP contribution in [-0.2, 0) is 27.8 Å². The van der Waals surface area contributed by atoms with Gasteiger partial charge in [-0.3, -0.25) is 9.40 Å². The lowest BCUT2D eigenvalue weighted by Crippen LogP contribution is -2.32. The summed E-state index contributed by atoms with van der Waals surface area (Å²) in [7, 11) is -1.17. The summed E-state index contributed by atoms with van der Waals surface area (Å²) in [4.78, 5) is 11.9. The first-order valence-corrected chi connectivity index (χ1v) is 13.5. The van der Waals surface area contributed by atoms with E-state index < -0.39 is 21.7 Å². The van der Waals surface area contributed by atoms with Crippen molar-refractivity contribution in [2.24, 2.45) is 0 Å². The minimum atomic E-state index is -4.05. The summed E-state index contributed by atoms with van der Waals surface area (Å²) in [6.07, 6.45) is 2.93. The smallest absolute Gasteiger partial charge is 0.407 e. The third-order valence-corrected chi connectivity index (χ3v) is 6.88. The van der Waals surface area contributed by atoms with Crippen molar-refractivity contribution in [1.29, 1.82) is 0 Å². The number of sulfonamides is 1. The van der Waals surface area contributed by atoms with Crippen LogP contribution in [0.2, 0.25) is 0 Å². The number of nitrogens with zero attached hydrogens (tertiary/aromatic N) is 3. The number of hydrogen-bond donors (Lipinski definition) is 2. The molecule has 2 aromatic carbocycles. The topological polar surface area (TPSA) is 147 Å². The van der Waals surface area contributed by atoms with E-state index in [-0.39, 0.29) is 23.0 Å².